The zero-order valence-corrected chi connectivity index (χ0v) is 9.90. The molecule has 2 N–H and O–H groups in total. The summed E-state index contributed by atoms with van der Waals surface area (Å²) in [5.74, 6) is 0.295. The Morgan fingerprint density at radius 1 is 1.35 bits per heavy atom. The summed E-state index contributed by atoms with van der Waals surface area (Å²) in [6.45, 7) is 0. The van der Waals surface area contributed by atoms with E-state index in [4.69, 9.17) is 21.9 Å². The highest BCUT2D eigenvalue weighted by Gasteiger charge is 2.09. The number of rotatable bonds is 1. The van der Waals surface area contributed by atoms with E-state index in [1.807, 2.05) is 36.0 Å². The molecule has 0 saturated heterocycles. The number of fused-ring (bicyclic) bond motifs is 1. The minimum atomic E-state index is 0.295. The van der Waals surface area contributed by atoms with Crippen molar-refractivity contribution in [2.45, 2.75) is 0 Å². The van der Waals surface area contributed by atoms with Crippen LogP contribution >= 0.6 is 11.6 Å². The SMILES string of the molecule is Cn1ccc2c(Cl)cc(-c3cc(N)on3)cc21. The quantitative estimate of drug-likeness (QED) is 0.719. The minimum absolute atomic E-state index is 0.295. The molecule has 0 aliphatic carbocycles. The first kappa shape index (κ1) is 10.2. The molecule has 0 aliphatic heterocycles. The molecule has 2 aromatic heterocycles. The topological polar surface area (TPSA) is 57.0 Å². The third-order valence-corrected chi connectivity index (χ3v) is 3.09. The van der Waals surface area contributed by atoms with Crippen LogP contribution in [0, 0.1) is 0 Å². The van der Waals surface area contributed by atoms with Gasteiger partial charge in [-0.05, 0) is 18.2 Å². The van der Waals surface area contributed by atoms with Crippen molar-refractivity contribution in [2.75, 3.05) is 5.73 Å². The van der Waals surface area contributed by atoms with E-state index in [1.165, 1.54) is 0 Å². The van der Waals surface area contributed by atoms with Crippen LogP contribution < -0.4 is 5.73 Å². The van der Waals surface area contributed by atoms with E-state index < -0.39 is 0 Å². The predicted octanol–water partition coefficient (Wildman–Crippen LogP) is 3.07. The summed E-state index contributed by atoms with van der Waals surface area (Å²) in [5.41, 5.74) is 8.14. The molecule has 17 heavy (non-hydrogen) atoms. The second kappa shape index (κ2) is 3.53. The molecule has 0 bridgehead atoms. The molecule has 86 valence electrons. The number of aryl methyl sites for hydroxylation is 1. The van der Waals surface area contributed by atoms with Gasteiger partial charge in [0.05, 0.1) is 5.02 Å². The first-order valence-electron chi connectivity index (χ1n) is 5.12. The van der Waals surface area contributed by atoms with Crippen LogP contribution in [0.25, 0.3) is 22.2 Å². The summed E-state index contributed by atoms with van der Waals surface area (Å²) in [6, 6.07) is 7.54. The molecule has 5 heteroatoms. The number of nitrogens with zero attached hydrogens (tertiary/aromatic N) is 2. The third kappa shape index (κ3) is 1.57. The van der Waals surface area contributed by atoms with Gasteiger partial charge in [-0.3, -0.25) is 0 Å². The van der Waals surface area contributed by atoms with E-state index in [1.54, 1.807) is 6.07 Å². The van der Waals surface area contributed by atoms with Crippen LogP contribution in [-0.2, 0) is 7.05 Å². The van der Waals surface area contributed by atoms with Gasteiger partial charge in [0, 0.05) is 35.8 Å². The van der Waals surface area contributed by atoms with Gasteiger partial charge in [-0.25, -0.2) is 0 Å². The van der Waals surface area contributed by atoms with Gasteiger partial charge >= 0.3 is 0 Å². The lowest BCUT2D eigenvalue weighted by Gasteiger charge is -2.02. The number of nitrogens with two attached hydrogens (primary N) is 1. The highest BCUT2D eigenvalue weighted by Crippen LogP contribution is 2.31. The lowest BCUT2D eigenvalue weighted by Crippen LogP contribution is -1.86. The van der Waals surface area contributed by atoms with Crippen LogP contribution in [0.5, 0.6) is 0 Å². The van der Waals surface area contributed by atoms with Crippen molar-refractivity contribution in [1.29, 1.82) is 0 Å². The fourth-order valence-electron chi connectivity index (χ4n) is 1.90. The Morgan fingerprint density at radius 2 is 2.18 bits per heavy atom. The molecule has 4 nitrogen and oxygen atoms in total. The van der Waals surface area contributed by atoms with Crippen LogP contribution in [0.1, 0.15) is 0 Å². The molecule has 0 saturated carbocycles. The van der Waals surface area contributed by atoms with Crippen LogP contribution in [0.4, 0.5) is 5.88 Å². The van der Waals surface area contributed by atoms with Gasteiger partial charge in [-0.15, -0.1) is 0 Å². The molecule has 2 heterocycles. The van der Waals surface area contributed by atoms with Crippen molar-refractivity contribution in [2.24, 2.45) is 7.05 Å². The molecule has 1 aromatic carbocycles. The summed E-state index contributed by atoms with van der Waals surface area (Å²) in [4.78, 5) is 0. The maximum atomic E-state index is 6.23. The van der Waals surface area contributed by atoms with Crippen molar-refractivity contribution in [3.63, 3.8) is 0 Å². The largest absolute Gasteiger partial charge is 0.368 e. The summed E-state index contributed by atoms with van der Waals surface area (Å²) >= 11 is 6.23. The van der Waals surface area contributed by atoms with Gasteiger partial charge in [-0.1, -0.05) is 16.8 Å². The van der Waals surface area contributed by atoms with Gasteiger partial charge in [-0.2, -0.15) is 0 Å². The second-order valence-corrected chi connectivity index (χ2v) is 4.34. The summed E-state index contributed by atoms with van der Waals surface area (Å²) in [5, 5.41) is 5.60. The molecule has 0 amide bonds. The van der Waals surface area contributed by atoms with Gasteiger partial charge in [0.15, 0.2) is 0 Å². The van der Waals surface area contributed by atoms with Crippen molar-refractivity contribution >= 4 is 28.4 Å². The molecule has 3 rings (SSSR count). The fraction of sp³-hybridized carbons (Fsp3) is 0.0833. The lowest BCUT2D eigenvalue weighted by molar-refractivity contribution is 0.439. The Kier molecular flexibility index (Phi) is 2.12. The number of anilines is 1. The molecular weight excluding hydrogens is 238 g/mol. The Bertz CT molecular complexity index is 699. The molecule has 0 radical (unpaired) electrons. The number of benzene rings is 1. The Labute approximate surface area is 103 Å². The van der Waals surface area contributed by atoms with Crippen molar-refractivity contribution < 1.29 is 4.52 Å². The van der Waals surface area contributed by atoms with Crippen LogP contribution in [0.3, 0.4) is 0 Å². The standard InChI is InChI=1S/C12H10ClN3O/c1-16-3-2-8-9(13)4-7(5-11(8)16)10-6-12(14)17-15-10/h2-6H,14H2,1H3. The molecular formula is C12H10ClN3O. The third-order valence-electron chi connectivity index (χ3n) is 2.78. The highest BCUT2D eigenvalue weighted by atomic mass is 35.5. The average molecular weight is 248 g/mol. The molecule has 0 fully saturated rings. The predicted molar refractivity (Wildman–Crippen MR) is 67.8 cm³/mol. The van der Waals surface area contributed by atoms with Gasteiger partial charge in [0.25, 0.3) is 0 Å². The molecule has 0 unspecified atom stereocenters. The highest BCUT2D eigenvalue weighted by molar-refractivity contribution is 6.35. The summed E-state index contributed by atoms with van der Waals surface area (Å²) in [7, 11) is 1.97. The van der Waals surface area contributed by atoms with Gasteiger partial charge in [0.2, 0.25) is 5.88 Å². The first-order chi connectivity index (χ1) is 8.15. The van der Waals surface area contributed by atoms with Crippen LogP contribution in [-0.4, -0.2) is 9.72 Å². The normalized spacial score (nSPS) is 11.2. The van der Waals surface area contributed by atoms with E-state index in [0.29, 0.717) is 16.6 Å². The number of halogens is 1. The summed E-state index contributed by atoms with van der Waals surface area (Å²) in [6.07, 6.45) is 1.97. The van der Waals surface area contributed by atoms with E-state index in [2.05, 4.69) is 5.16 Å². The molecule has 0 spiro atoms. The smallest absolute Gasteiger partial charge is 0.222 e. The van der Waals surface area contributed by atoms with Crippen molar-refractivity contribution in [3.05, 3.63) is 35.5 Å². The van der Waals surface area contributed by atoms with E-state index in [9.17, 15) is 0 Å². The molecule has 0 atom stereocenters. The second-order valence-electron chi connectivity index (χ2n) is 3.93. The Hall–Kier alpha value is -1.94. The molecule has 0 aliphatic rings. The van der Waals surface area contributed by atoms with Gasteiger partial charge in [0.1, 0.15) is 5.69 Å². The van der Waals surface area contributed by atoms with Crippen LogP contribution in [0.2, 0.25) is 5.02 Å². The first-order valence-corrected chi connectivity index (χ1v) is 5.50. The number of aromatic nitrogens is 2. The Morgan fingerprint density at radius 3 is 2.88 bits per heavy atom. The Balaban J connectivity index is 2.27. The monoisotopic (exact) mass is 247 g/mol. The fourth-order valence-corrected chi connectivity index (χ4v) is 2.18. The zero-order chi connectivity index (χ0) is 12.0. The van der Waals surface area contributed by atoms with Crippen molar-refractivity contribution in [3.8, 4) is 11.3 Å². The maximum absolute atomic E-state index is 6.23. The number of nitrogen functional groups attached to an aromatic ring is 1. The van der Waals surface area contributed by atoms with E-state index in [0.717, 1.165) is 16.5 Å². The average Bonchev–Trinajstić information content (AvgIpc) is 2.87. The maximum Gasteiger partial charge on any atom is 0.222 e. The van der Waals surface area contributed by atoms with Crippen LogP contribution in [0.15, 0.2) is 35.0 Å². The van der Waals surface area contributed by atoms with E-state index >= 15 is 0 Å². The summed E-state index contributed by atoms with van der Waals surface area (Å²) < 4.78 is 6.87. The molecule has 3 aromatic rings. The minimum Gasteiger partial charge on any atom is -0.368 e. The zero-order valence-electron chi connectivity index (χ0n) is 9.14. The number of hydrogen-bond acceptors (Lipinski definition) is 3. The number of hydrogen-bond donors (Lipinski definition) is 1. The van der Waals surface area contributed by atoms with Crippen molar-refractivity contribution in [1.82, 2.24) is 9.72 Å². The van der Waals surface area contributed by atoms with Gasteiger partial charge < -0.3 is 14.8 Å². The lowest BCUT2D eigenvalue weighted by atomic mass is 10.1. The van der Waals surface area contributed by atoms with E-state index in [-0.39, 0.29) is 0 Å².